The molecule has 66 valence electrons. The molecule has 1 aliphatic heterocycles. The summed E-state index contributed by atoms with van der Waals surface area (Å²) in [5.74, 6) is -2.44. The third-order valence-corrected chi connectivity index (χ3v) is 2.26. The molecule has 1 aliphatic rings. The van der Waals surface area contributed by atoms with E-state index < -0.39 is 5.92 Å². The zero-order valence-corrected chi connectivity index (χ0v) is 7.11. The van der Waals surface area contributed by atoms with Crippen molar-refractivity contribution in [1.82, 2.24) is 4.90 Å². The first-order chi connectivity index (χ1) is 5.05. The fraction of sp³-hybridized carbons (Fsp3) is 1.00. The highest BCUT2D eigenvalue weighted by atomic mass is 19.3. The molecular weight excluding hydrogens is 148 g/mol. The molecule has 1 unspecified atom stereocenters. The summed E-state index contributed by atoms with van der Waals surface area (Å²) in [4.78, 5) is 1.77. The average molecular weight is 163 g/mol. The normalized spacial score (nSPS) is 31.1. The summed E-state index contributed by atoms with van der Waals surface area (Å²) >= 11 is 0. The Labute approximate surface area is 66.4 Å². The molecule has 11 heavy (non-hydrogen) atoms. The van der Waals surface area contributed by atoms with Crippen molar-refractivity contribution in [3.05, 3.63) is 0 Å². The van der Waals surface area contributed by atoms with E-state index in [0.29, 0.717) is 0 Å². The minimum Gasteiger partial charge on any atom is -0.297 e. The highest BCUT2D eigenvalue weighted by molar-refractivity contribution is 4.87. The molecule has 0 aromatic carbocycles. The summed E-state index contributed by atoms with van der Waals surface area (Å²) in [5, 5.41) is 0. The van der Waals surface area contributed by atoms with Crippen LogP contribution in [0.3, 0.4) is 0 Å². The van der Waals surface area contributed by atoms with Crippen LogP contribution in [0, 0.1) is 0 Å². The maximum atomic E-state index is 12.7. The van der Waals surface area contributed by atoms with E-state index in [1.165, 1.54) is 0 Å². The van der Waals surface area contributed by atoms with Crippen molar-refractivity contribution in [2.45, 2.75) is 38.2 Å². The molecule has 1 atom stereocenters. The van der Waals surface area contributed by atoms with Gasteiger partial charge in [-0.3, -0.25) is 4.90 Å². The summed E-state index contributed by atoms with van der Waals surface area (Å²) < 4.78 is 25.5. The lowest BCUT2D eigenvalue weighted by Gasteiger charge is -2.16. The van der Waals surface area contributed by atoms with Crippen molar-refractivity contribution in [3.63, 3.8) is 0 Å². The largest absolute Gasteiger partial charge is 0.297 e. The summed E-state index contributed by atoms with van der Waals surface area (Å²) in [6.07, 6.45) is 1.94. The number of nitrogens with zero attached hydrogens (tertiary/aromatic N) is 1. The summed E-state index contributed by atoms with van der Waals surface area (Å²) in [6, 6.07) is 0.106. The van der Waals surface area contributed by atoms with Crippen LogP contribution >= 0.6 is 0 Å². The van der Waals surface area contributed by atoms with Crippen LogP contribution in [0.25, 0.3) is 0 Å². The van der Waals surface area contributed by atoms with E-state index in [0.717, 1.165) is 12.8 Å². The van der Waals surface area contributed by atoms with E-state index in [1.54, 1.807) is 11.9 Å². The Bertz CT molecular complexity index is 136. The molecule has 1 fully saturated rings. The molecule has 0 aromatic heterocycles. The smallest absolute Gasteiger partial charge is 0.262 e. The lowest BCUT2D eigenvalue weighted by atomic mass is 10.1. The Morgan fingerprint density at radius 3 is 2.55 bits per heavy atom. The molecule has 0 bridgehead atoms. The Morgan fingerprint density at radius 1 is 1.55 bits per heavy atom. The Kier molecular flexibility index (Phi) is 2.47. The highest BCUT2D eigenvalue weighted by Crippen LogP contribution is 2.32. The summed E-state index contributed by atoms with van der Waals surface area (Å²) in [6.45, 7) is 1.97. The van der Waals surface area contributed by atoms with E-state index >= 15 is 0 Å². The molecule has 0 spiro atoms. The van der Waals surface area contributed by atoms with Crippen LogP contribution in [0.15, 0.2) is 0 Å². The molecule has 1 heterocycles. The van der Waals surface area contributed by atoms with Crippen molar-refractivity contribution in [2.24, 2.45) is 0 Å². The molecule has 3 heteroatoms. The zero-order valence-electron chi connectivity index (χ0n) is 7.11. The van der Waals surface area contributed by atoms with E-state index in [-0.39, 0.29) is 19.0 Å². The Hall–Kier alpha value is -0.180. The third kappa shape index (κ3) is 2.12. The number of hydrogen-bond acceptors (Lipinski definition) is 1. The third-order valence-electron chi connectivity index (χ3n) is 2.26. The zero-order chi connectivity index (χ0) is 8.48. The van der Waals surface area contributed by atoms with Crippen molar-refractivity contribution in [3.8, 4) is 0 Å². The van der Waals surface area contributed by atoms with Crippen molar-refractivity contribution in [2.75, 3.05) is 13.6 Å². The first kappa shape index (κ1) is 8.91. The molecular formula is C8H15F2N. The number of alkyl halides is 2. The van der Waals surface area contributed by atoms with Gasteiger partial charge in [-0.05, 0) is 13.5 Å². The van der Waals surface area contributed by atoms with Gasteiger partial charge in [-0.25, -0.2) is 8.78 Å². The summed E-state index contributed by atoms with van der Waals surface area (Å²) in [7, 11) is 1.78. The van der Waals surface area contributed by atoms with Gasteiger partial charge in [-0.2, -0.15) is 0 Å². The van der Waals surface area contributed by atoms with Crippen molar-refractivity contribution in [1.29, 1.82) is 0 Å². The van der Waals surface area contributed by atoms with Crippen LogP contribution in [0.4, 0.5) is 8.78 Å². The van der Waals surface area contributed by atoms with Crippen LogP contribution in [-0.4, -0.2) is 30.5 Å². The quantitative estimate of drug-likeness (QED) is 0.602. The standard InChI is InChI=1S/C8H15F2N/c1-3-4-7-5-8(9,10)6-11(7)2/h7H,3-6H2,1-2H3. The van der Waals surface area contributed by atoms with E-state index in [1.807, 2.05) is 6.92 Å². The molecule has 1 saturated heterocycles. The van der Waals surface area contributed by atoms with Crippen LogP contribution in [0.5, 0.6) is 0 Å². The van der Waals surface area contributed by atoms with Gasteiger partial charge in [0.2, 0.25) is 0 Å². The lowest BCUT2D eigenvalue weighted by Crippen LogP contribution is -2.25. The minimum atomic E-state index is -2.44. The molecule has 0 saturated carbocycles. The van der Waals surface area contributed by atoms with Gasteiger partial charge in [0.05, 0.1) is 6.54 Å². The van der Waals surface area contributed by atoms with Crippen molar-refractivity contribution < 1.29 is 8.78 Å². The number of rotatable bonds is 2. The van der Waals surface area contributed by atoms with Gasteiger partial charge in [0, 0.05) is 12.5 Å². The second-order valence-electron chi connectivity index (χ2n) is 3.42. The SMILES string of the molecule is CCCC1CC(F)(F)CN1C. The molecule has 1 rings (SSSR count). The van der Waals surface area contributed by atoms with E-state index in [2.05, 4.69) is 0 Å². The predicted octanol–water partition coefficient (Wildman–Crippen LogP) is 2.13. The monoisotopic (exact) mass is 163 g/mol. The van der Waals surface area contributed by atoms with Crippen LogP contribution < -0.4 is 0 Å². The predicted molar refractivity (Wildman–Crippen MR) is 40.9 cm³/mol. The first-order valence-electron chi connectivity index (χ1n) is 4.13. The number of likely N-dealkylation sites (tertiary alicyclic amines) is 1. The molecule has 0 aromatic rings. The van der Waals surface area contributed by atoms with Crippen LogP contribution in [-0.2, 0) is 0 Å². The Morgan fingerprint density at radius 2 is 2.18 bits per heavy atom. The van der Waals surface area contributed by atoms with E-state index in [4.69, 9.17) is 0 Å². The maximum absolute atomic E-state index is 12.7. The molecule has 0 aliphatic carbocycles. The number of hydrogen-bond donors (Lipinski definition) is 0. The second kappa shape index (κ2) is 3.05. The van der Waals surface area contributed by atoms with Gasteiger partial charge < -0.3 is 0 Å². The lowest BCUT2D eigenvalue weighted by molar-refractivity contribution is 0.0140. The molecule has 1 nitrogen and oxygen atoms in total. The topological polar surface area (TPSA) is 3.24 Å². The average Bonchev–Trinajstić information content (AvgIpc) is 2.07. The van der Waals surface area contributed by atoms with Gasteiger partial charge in [0.15, 0.2) is 0 Å². The van der Waals surface area contributed by atoms with Crippen molar-refractivity contribution >= 4 is 0 Å². The maximum Gasteiger partial charge on any atom is 0.262 e. The molecule has 0 radical (unpaired) electrons. The fourth-order valence-electron chi connectivity index (χ4n) is 1.71. The highest BCUT2D eigenvalue weighted by Gasteiger charge is 2.42. The fourth-order valence-corrected chi connectivity index (χ4v) is 1.71. The minimum absolute atomic E-state index is 0.0529. The molecule has 0 N–H and O–H groups in total. The van der Waals surface area contributed by atoms with Gasteiger partial charge in [-0.1, -0.05) is 13.3 Å². The second-order valence-corrected chi connectivity index (χ2v) is 3.42. The Balaban J connectivity index is 2.45. The molecule has 0 amide bonds. The van der Waals surface area contributed by atoms with Gasteiger partial charge >= 0.3 is 0 Å². The van der Waals surface area contributed by atoms with Gasteiger partial charge in [0.1, 0.15) is 0 Å². The number of halogens is 2. The van der Waals surface area contributed by atoms with Gasteiger partial charge in [0.25, 0.3) is 5.92 Å². The van der Waals surface area contributed by atoms with E-state index in [9.17, 15) is 8.78 Å². The van der Waals surface area contributed by atoms with Gasteiger partial charge in [-0.15, -0.1) is 0 Å². The van der Waals surface area contributed by atoms with Crippen LogP contribution in [0.1, 0.15) is 26.2 Å². The van der Waals surface area contributed by atoms with Crippen LogP contribution in [0.2, 0.25) is 0 Å². The summed E-state index contributed by atoms with van der Waals surface area (Å²) in [5.41, 5.74) is 0. The first-order valence-corrected chi connectivity index (χ1v) is 4.13.